The summed E-state index contributed by atoms with van der Waals surface area (Å²) in [4.78, 5) is 30.7. The molecule has 1 saturated heterocycles. The fourth-order valence-electron chi connectivity index (χ4n) is 3.18. The highest BCUT2D eigenvalue weighted by molar-refractivity contribution is 7.18. The molecule has 1 aliphatic rings. The molecule has 2 aromatic heterocycles. The lowest BCUT2D eigenvalue weighted by Crippen LogP contribution is -2.23. The van der Waals surface area contributed by atoms with E-state index >= 15 is 0 Å². The number of carbonyl (C=O) groups is 2. The van der Waals surface area contributed by atoms with Gasteiger partial charge < -0.3 is 9.15 Å². The van der Waals surface area contributed by atoms with Gasteiger partial charge in [-0.15, -0.1) is 11.6 Å². The fraction of sp³-hybridized carbons (Fsp3) is 0.286. The molecule has 6 nitrogen and oxygen atoms in total. The van der Waals surface area contributed by atoms with Crippen molar-refractivity contribution in [2.75, 3.05) is 18.5 Å². The Morgan fingerprint density at radius 3 is 2.59 bits per heavy atom. The highest BCUT2D eigenvalue weighted by Gasteiger charge is 2.29. The number of alkyl halides is 1. The molecule has 0 bridgehead atoms. The molecule has 8 heteroatoms. The van der Waals surface area contributed by atoms with E-state index in [4.69, 9.17) is 20.8 Å². The number of nitrogens with zero attached hydrogens (tertiary/aromatic N) is 1. The standard InChI is InChI=1S/C21H19ClN2O4S/c22-12-13-3-5-15(6-4-13)20(26)24-21-23-17(16-2-1-9-28-16)19(29-21)18(25)14-7-10-27-11-8-14/h1-6,9,14H,7-8,10-12H2,(H,23,24,26). The Hall–Kier alpha value is -2.48. The number of anilines is 1. The smallest absolute Gasteiger partial charge is 0.257 e. The van der Waals surface area contributed by atoms with E-state index in [0.29, 0.717) is 59.0 Å². The number of halogens is 1. The number of ketones is 1. The molecule has 0 atom stereocenters. The Kier molecular flexibility index (Phi) is 6.08. The Labute approximate surface area is 176 Å². The van der Waals surface area contributed by atoms with Gasteiger partial charge in [0.05, 0.1) is 6.26 Å². The number of ether oxygens (including phenoxy) is 1. The van der Waals surface area contributed by atoms with Gasteiger partial charge in [-0.2, -0.15) is 0 Å². The minimum Gasteiger partial charge on any atom is -0.463 e. The Balaban J connectivity index is 1.60. The van der Waals surface area contributed by atoms with Crippen molar-refractivity contribution in [2.24, 2.45) is 5.92 Å². The summed E-state index contributed by atoms with van der Waals surface area (Å²) < 4.78 is 10.8. The molecule has 1 amide bonds. The van der Waals surface area contributed by atoms with E-state index in [0.717, 1.165) is 5.56 Å². The lowest BCUT2D eigenvalue weighted by atomic mass is 9.94. The second-order valence-corrected chi connectivity index (χ2v) is 7.98. The van der Waals surface area contributed by atoms with Gasteiger partial charge >= 0.3 is 0 Å². The van der Waals surface area contributed by atoms with Crippen molar-refractivity contribution < 1.29 is 18.7 Å². The molecule has 1 N–H and O–H groups in total. The molecule has 150 valence electrons. The predicted molar refractivity (Wildman–Crippen MR) is 112 cm³/mol. The van der Waals surface area contributed by atoms with Gasteiger partial charge in [0, 0.05) is 30.6 Å². The molecule has 3 heterocycles. The summed E-state index contributed by atoms with van der Waals surface area (Å²) in [5, 5.41) is 3.15. The second kappa shape index (κ2) is 8.90. The summed E-state index contributed by atoms with van der Waals surface area (Å²) >= 11 is 6.97. The zero-order valence-electron chi connectivity index (χ0n) is 15.5. The number of carbonyl (C=O) groups excluding carboxylic acids is 2. The van der Waals surface area contributed by atoms with Crippen molar-refractivity contribution in [3.63, 3.8) is 0 Å². The molecule has 0 aliphatic carbocycles. The average Bonchev–Trinajstić information content (AvgIpc) is 3.44. The van der Waals surface area contributed by atoms with Gasteiger partial charge in [0.1, 0.15) is 10.6 Å². The van der Waals surface area contributed by atoms with E-state index < -0.39 is 0 Å². The fourth-order valence-corrected chi connectivity index (χ4v) is 4.34. The summed E-state index contributed by atoms with van der Waals surface area (Å²) in [5.74, 6) is 0.506. The largest absolute Gasteiger partial charge is 0.463 e. The number of amides is 1. The number of furan rings is 1. The Bertz CT molecular complexity index is 992. The van der Waals surface area contributed by atoms with Crippen LogP contribution in [0.5, 0.6) is 0 Å². The maximum atomic E-state index is 13.1. The maximum absolute atomic E-state index is 13.1. The van der Waals surface area contributed by atoms with E-state index in [1.54, 1.807) is 36.4 Å². The number of hydrogen-bond acceptors (Lipinski definition) is 6. The summed E-state index contributed by atoms with van der Waals surface area (Å²) in [6.07, 6.45) is 2.90. The normalized spacial score (nSPS) is 14.7. The number of Topliss-reactive ketones (excluding diaryl/α,β-unsaturated/α-hetero) is 1. The van der Waals surface area contributed by atoms with Crippen LogP contribution in [0.1, 0.15) is 38.4 Å². The molecule has 4 rings (SSSR count). The van der Waals surface area contributed by atoms with Crippen LogP contribution in [-0.4, -0.2) is 29.9 Å². The first kappa shape index (κ1) is 19.8. The molecule has 0 saturated carbocycles. The van der Waals surface area contributed by atoms with Crippen molar-refractivity contribution in [1.29, 1.82) is 0 Å². The van der Waals surface area contributed by atoms with Crippen molar-refractivity contribution in [1.82, 2.24) is 4.98 Å². The minimum atomic E-state index is -0.295. The highest BCUT2D eigenvalue weighted by Crippen LogP contribution is 2.35. The van der Waals surface area contributed by atoms with Crippen LogP contribution in [0.3, 0.4) is 0 Å². The van der Waals surface area contributed by atoms with Crippen LogP contribution in [0.25, 0.3) is 11.5 Å². The van der Waals surface area contributed by atoms with Gasteiger partial charge in [0.15, 0.2) is 16.7 Å². The summed E-state index contributed by atoms with van der Waals surface area (Å²) in [6.45, 7) is 1.15. The predicted octanol–water partition coefficient (Wildman–Crippen LogP) is 5.00. The summed E-state index contributed by atoms with van der Waals surface area (Å²) in [7, 11) is 0. The van der Waals surface area contributed by atoms with Crippen molar-refractivity contribution in [3.05, 3.63) is 58.7 Å². The highest BCUT2D eigenvalue weighted by atomic mass is 35.5. The van der Waals surface area contributed by atoms with Crippen molar-refractivity contribution >= 4 is 39.8 Å². The molecular formula is C21H19ClN2O4S. The van der Waals surface area contributed by atoms with E-state index in [2.05, 4.69) is 10.3 Å². The number of aromatic nitrogens is 1. The molecule has 3 aromatic rings. The second-order valence-electron chi connectivity index (χ2n) is 6.71. The van der Waals surface area contributed by atoms with E-state index in [9.17, 15) is 9.59 Å². The van der Waals surface area contributed by atoms with Crippen LogP contribution in [-0.2, 0) is 10.6 Å². The van der Waals surface area contributed by atoms with Crippen LogP contribution >= 0.6 is 22.9 Å². The molecule has 29 heavy (non-hydrogen) atoms. The molecule has 1 aromatic carbocycles. The first-order valence-corrected chi connectivity index (χ1v) is 10.6. The Morgan fingerprint density at radius 2 is 1.93 bits per heavy atom. The zero-order chi connectivity index (χ0) is 20.2. The first-order valence-electron chi connectivity index (χ1n) is 9.28. The third-order valence-corrected chi connectivity index (χ3v) is 6.08. The monoisotopic (exact) mass is 430 g/mol. The topological polar surface area (TPSA) is 81.4 Å². The van der Waals surface area contributed by atoms with Crippen LogP contribution in [0.2, 0.25) is 0 Å². The number of thiazole rings is 1. The van der Waals surface area contributed by atoms with Crippen LogP contribution < -0.4 is 5.32 Å². The number of hydrogen-bond donors (Lipinski definition) is 1. The van der Waals surface area contributed by atoms with Gasteiger partial charge in [-0.25, -0.2) is 4.98 Å². The van der Waals surface area contributed by atoms with Gasteiger partial charge in [0.2, 0.25) is 0 Å². The van der Waals surface area contributed by atoms with E-state index in [1.807, 2.05) is 0 Å². The van der Waals surface area contributed by atoms with Crippen molar-refractivity contribution in [2.45, 2.75) is 18.7 Å². The third-order valence-electron chi connectivity index (χ3n) is 4.79. The average molecular weight is 431 g/mol. The van der Waals surface area contributed by atoms with E-state index in [-0.39, 0.29) is 17.6 Å². The van der Waals surface area contributed by atoms with Gasteiger partial charge in [-0.3, -0.25) is 14.9 Å². The zero-order valence-corrected chi connectivity index (χ0v) is 17.1. The van der Waals surface area contributed by atoms with Crippen molar-refractivity contribution in [3.8, 4) is 11.5 Å². The first-order chi connectivity index (χ1) is 14.2. The summed E-state index contributed by atoms with van der Waals surface area (Å²) in [6, 6.07) is 10.5. The number of benzene rings is 1. The maximum Gasteiger partial charge on any atom is 0.257 e. The quantitative estimate of drug-likeness (QED) is 0.439. The van der Waals surface area contributed by atoms with Crippen LogP contribution in [0.4, 0.5) is 5.13 Å². The summed E-state index contributed by atoms with van der Waals surface area (Å²) in [5.41, 5.74) is 1.89. The molecule has 0 spiro atoms. The molecule has 1 aliphatic heterocycles. The van der Waals surface area contributed by atoms with Crippen LogP contribution in [0, 0.1) is 5.92 Å². The number of nitrogens with one attached hydrogen (secondary N) is 1. The number of rotatable bonds is 6. The molecule has 1 fully saturated rings. The lowest BCUT2D eigenvalue weighted by molar-refractivity contribution is 0.0547. The molecular weight excluding hydrogens is 412 g/mol. The van der Waals surface area contributed by atoms with E-state index in [1.165, 1.54) is 17.6 Å². The Morgan fingerprint density at radius 1 is 1.17 bits per heavy atom. The van der Waals surface area contributed by atoms with Gasteiger partial charge in [-0.1, -0.05) is 23.5 Å². The molecule has 0 radical (unpaired) electrons. The van der Waals surface area contributed by atoms with Crippen LogP contribution in [0.15, 0.2) is 47.1 Å². The lowest BCUT2D eigenvalue weighted by Gasteiger charge is -2.20. The SMILES string of the molecule is O=C(Nc1nc(-c2ccco2)c(C(=O)C2CCOCC2)s1)c1ccc(CCl)cc1. The van der Waals surface area contributed by atoms with Gasteiger partial charge in [0.25, 0.3) is 5.91 Å². The van der Waals surface area contributed by atoms with Gasteiger partial charge in [-0.05, 0) is 42.7 Å². The molecule has 0 unspecified atom stereocenters. The minimum absolute atomic E-state index is 0.0177. The third kappa shape index (κ3) is 4.42.